The molecule has 102 valence electrons. The summed E-state index contributed by atoms with van der Waals surface area (Å²) in [4.78, 5) is 8.60. The van der Waals surface area contributed by atoms with Crippen LogP contribution in [0.4, 0.5) is 5.69 Å². The Balaban J connectivity index is 1.81. The van der Waals surface area contributed by atoms with E-state index in [9.17, 15) is 0 Å². The molecule has 4 nitrogen and oxygen atoms in total. The fraction of sp³-hybridized carbons (Fsp3) is 0.250. The highest BCUT2D eigenvalue weighted by Crippen LogP contribution is 2.18. The van der Waals surface area contributed by atoms with Crippen molar-refractivity contribution in [3.05, 3.63) is 53.6 Å². The van der Waals surface area contributed by atoms with Crippen LogP contribution in [-0.4, -0.2) is 14.5 Å². The van der Waals surface area contributed by atoms with Gasteiger partial charge < -0.3 is 9.88 Å². The lowest BCUT2D eigenvalue weighted by Crippen LogP contribution is -2.01. The maximum atomic E-state index is 4.33. The number of hydrogen-bond acceptors (Lipinski definition) is 3. The Morgan fingerprint density at radius 2 is 1.80 bits per heavy atom. The molecule has 2 aromatic heterocycles. The molecule has 0 aliphatic carbocycles. The van der Waals surface area contributed by atoms with Gasteiger partial charge in [0.1, 0.15) is 0 Å². The van der Waals surface area contributed by atoms with Crippen LogP contribution in [0.1, 0.15) is 17.0 Å². The topological polar surface area (TPSA) is 42.7 Å². The molecule has 0 fully saturated rings. The average Bonchev–Trinajstić information content (AvgIpc) is 2.72. The molecule has 0 amide bonds. The van der Waals surface area contributed by atoms with Crippen LogP contribution in [0, 0.1) is 13.8 Å². The van der Waals surface area contributed by atoms with Gasteiger partial charge in [-0.3, -0.25) is 9.97 Å². The third-order valence-corrected chi connectivity index (χ3v) is 3.83. The van der Waals surface area contributed by atoms with E-state index in [1.165, 1.54) is 17.0 Å². The van der Waals surface area contributed by atoms with E-state index in [1.54, 1.807) is 12.4 Å². The molecule has 0 atom stereocenters. The van der Waals surface area contributed by atoms with Crippen molar-refractivity contribution in [3.8, 4) is 0 Å². The van der Waals surface area contributed by atoms with Crippen LogP contribution in [-0.2, 0) is 13.6 Å². The number of nitrogens with zero attached hydrogens (tertiary/aromatic N) is 3. The van der Waals surface area contributed by atoms with Crippen LogP contribution >= 0.6 is 0 Å². The van der Waals surface area contributed by atoms with Crippen molar-refractivity contribution in [2.75, 3.05) is 5.32 Å². The van der Waals surface area contributed by atoms with Gasteiger partial charge in [0.15, 0.2) is 0 Å². The minimum Gasteiger partial charge on any atom is -0.381 e. The Labute approximate surface area is 118 Å². The number of aryl methyl sites for hydroxylation is 1. The number of fused-ring (bicyclic) bond motifs is 1. The van der Waals surface area contributed by atoms with Crippen molar-refractivity contribution < 1.29 is 0 Å². The van der Waals surface area contributed by atoms with E-state index in [2.05, 4.69) is 46.8 Å². The Kier molecular flexibility index (Phi) is 3.14. The van der Waals surface area contributed by atoms with Gasteiger partial charge in [-0.15, -0.1) is 0 Å². The number of benzene rings is 1. The van der Waals surface area contributed by atoms with Crippen molar-refractivity contribution in [1.29, 1.82) is 0 Å². The van der Waals surface area contributed by atoms with Crippen molar-refractivity contribution in [1.82, 2.24) is 14.5 Å². The first-order chi connectivity index (χ1) is 9.65. The summed E-state index contributed by atoms with van der Waals surface area (Å²) in [6, 6.07) is 8.30. The normalized spacial score (nSPS) is 10.9. The Hall–Kier alpha value is -2.36. The van der Waals surface area contributed by atoms with E-state index < -0.39 is 0 Å². The summed E-state index contributed by atoms with van der Waals surface area (Å²) in [5, 5.41) is 3.45. The second-order valence-electron chi connectivity index (χ2n) is 5.07. The molecule has 3 rings (SSSR count). The smallest absolute Gasteiger partial charge is 0.0907 e. The SMILES string of the molecule is Cc1cc(CNc2ccc3nccnc3c2)c(C)n1C. The van der Waals surface area contributed by atoms with Gasteiger partial charge in [-0.25, -0.2) is 0 Å². The quantitative estimate of drug-likeness (QED) is 0.791. The summed E-state index contributed by atoms with van der Waals surface area (Å²) < 4.78 is 2.21. The molecule has 0 saturated carbocycles. The monoisotopic (exact) mass is 266 g/mol. The maximum absolute atomic E-state index is 4.33. The largest absolute Gasteiger partial charge is 0.381 e. The van der Waals surface area contributed by atoms with Crippen molar-refractivity contribution in [2.45, 2.75) is 20.4 Å². The summed E-state index contributed by atoms with van der Waals surface area (Å²) in [7, 11) is 2.10. The molecule has 0 radical (unpaired) electrons. The van der Waals surface area contributed by atoms with Gasteiger partial charge in [-0.1, -0.05) is 0 Å². The third-order valence-electron chi connectivity index (χ3n) is 3.83. The Morgan fingerprint density at radius 1 is 1.05 bits per heavy atom. The number of nitrogens with one attached hydrogen (secondary N) is 1. The zero-order chi connectivity index (χ0) is 14.1. The molecule has 0 aliphatic heterocycles. The van der Waals surface area contributed by atoms with E-state index in [0.29, 0.717) is 0 Å². The second kappa shape index (κ2) is 4.96. The fourth-order valence-corrected chi connectivity index (χ4v) is 2.38. The van der Waals surface area contributed by atoms with E-state index in [0.717, 1.165) is 23.3 Å². The number of aromatic nitrogens is 3. The predicted molar refractivity (Wildman–Crippen MR) is 81.8 cm³/mol. The zero-order valence-corrected chi connectivity index (χ0v) is 12.0. The Bertz CT molecular complexity index is 758. The molecule has 1 N–H and O–H groups in total. The van der Waals surface area contributed by atoms with Crippen molar-refractivity contribution in [2.24, 2.45) is 7.05 Å². The molecule has 0 spiro atoms. The lowest BCUT2D eigenvalue weighted by Gasteiger charge is -2.07. The van der Waals surface area contributed by atoms with Crippen LogP contribution in [0.5, 0.6) is 0 Å². The van der Waals surface area contributed by atoms with E-state index in [4.69, 9.17) is 0 Å². The first kappa shape index (κ1) is 12.7. The molecule has 20 heavy (non-hydrogen) atoms. The van der Waals surface area contributed by atoms with E-state index >= 15 is 0 Å². The lowest BCUT2D eigenvalue weighted by atomic mass is 10.2. The molecule has 0 saturated heterocycles. The van der Waals surface area contributed by atoms with Crippen LogP contribution < -0.4 is 5.32 Å². The predicted octanol–water partition coefficient (Wildman–Crippen LogP) is 3.20. The van der Waals surface area contributed by atoms with E-state index in [1.807, 2.05) is 18.2 Å². The van der Waals surface area contributed by atoms with Gasteiger partial charge in [0.25, 0.3) is 0 Å². The summed E-state index contributed by atoms with van der Waals surface area (Å²) in [6.07, 6.45) is 3.43. The molecule has 4 heteroatoms. The fourth-order valence-electron chi connectivity index (χ4n) is 2.38. The van der Waals surface area contributed by atoms with Crippen molar-refractivity contribution in [3.63, 3.8) is 0 Å². The molecule has 1 aromatic carbocycles. The van der Waals surface area contributed by atoms with Gasteiger partial charge in [-0.2, -0.15) is 0 Å². The molecule has 0 bridgehead atoms. The average molecular weight is 266 g/mol. The van der Waals surface area contributed by atoms with Gasteiger partial charge in [0.05, 0.1) is 11.0 Å². The van der Waals surface area contributed by atoms with Gasteiger partial charge in [0.2, 0.25) is 0 Å². The minimum absolute atomic E-state index is 0.819. The summed E-state index contributed by atoms with van der Waals surface area (Å²) in [5.41, 5.74) is 6.81. The molecule has 0 aliphatic rings. The highest BCUT2D eigenvalue weighted by molar-refractivity contribution is 5.78. The highest BCUT2D eigenvalue weighted by Gasteiger charge is 2.06. The Morgan fingerprint density at radius 3 is 2.50 bits per heavy atom. The molecule has 2 heterocycles. The number of rotatable bonds is 3. The highest BCUT2D eigenvalue weighted by atomic mass is 15.0. The number of anilines is 1. The van der Waals surface area contributed by atoms with Gasteiger partial charge in [-0.05, 0) is 43.7 Å². The first-order valence-corrected chi connectivity index (χ1v) is 6.71. The summed E-state index contributed by atoms with van der Waals surface area (Å²) in [6.45, 7) is 5.09. The van der Waals surface area contributed by atoms with Crippen molar-refractivity contribution >= 4 is 16.7 Å². The maximum Gasteiger partial charge on any atom is 0.0907 e. The summed E-state index contributed by atoms with van der Waals surface area (Å²) >= 11 is 0. The molecule has 3 aromatic rings. The van der Waals surface area contributed by atoms with Crippen LogP contribution in [0.2, 0.25) is 0 Å². The standard InChI is InChI=1S/C16H18N4/c1-11-8-13(12(2)20(11)3)10-19-14-4-5-15-16(9-14)18-7-6-17-15/h4-9,19H,10H2,1-3H3. The van der Waals surface area contributed by atoms with Crippen LogP contribution in [0.25, 0.3) is 11.0 Å². The minimum atomic E-state index is 0.819. The summed E-state index contributed by atoms with van der Waals surface area (Å²) in [5.74, 6) is 0. The van der Waals surface area contributed by atoms with E-state index in [-0.39, 0.29) is 0 Å². The second-order valence-corrected chi connectivity index (χ2v) is 5.07. The zero-order valence-electron chi connectivity index (χ0n) is 12.0. The number of hydrogen-bond donors (Lipinski definition) is 1. The molecular formula is C16H18N4. The van der Waals surface area contributed by atoms with Gasteiger partial charge in [0, 0.05) is 43.1 Å². The first-order valence-electron chi connectivity index (χ1n) is 6.71. The molecular weight excluding hydrogens is 248 g/mol. The molecule has 0 unspecified atom stereocenters. The third kappa shape index (κ3) is 2.25. The van der Waals surface area contributed by atoms with Crippen LogP contribution in [0.3, 0.4) is 0 Å². The van der Waals surface area contributed by atoms with Gasteiger partial charge >= 0.3 is 0 Å². The van der Waals surface area contributed by atoms with Crippen LogP contribution in [0.15, 0.2) is 36.7 Å². The lowest BCUT2D eigenvalue weighted by molar-refractivity contribution is 0.837.